The summed E-state index contributed by atoms with van der Waals surface area (Å²) in [5, 5.41) is 15.4. The Morgan fingerprint density at radius 2 is 1.91 bits per heavy atom. The van der Waals surface area contributed by atoms with Crippen molar-refractivity contribution in [3.05, 3.63) is 48.5 Å². The van der Waals surface area contributed by atoms with Crippen LogP contribution in [0.5, 0.6) is 0 Å². The number of likely N-dealkylation sites (tertiary alicyclic amines) is 1. The number of amides is 1. The molecular formula is C25H30N8O2. The Balaban J connectivity index is 1.30. The lowest BCUT2D eigenvalue weighted by Gasteiger charge is -2.39. The second kappa shape index (κ2) is 9.01. The SMILES string of the molecule is CN(c1ccc(Nc2nc3ccccc3n3nnnc23)cc1)C1CCCN(C(=O)OC(C)(C)C)C1. The predicted octanol–water partition coefficient (Wildman–Crippen LogP) is 4.25. The van der Waals surface area contributed by atoms with Crippen molar-refractivity contribution in [3.63, 3.8) is 0 Å². The number of likely N-dealkylation sites (N-methyl/N-ethyl adjacent to an activating group) is 1. The van der Waals surface area contributed by atoms with Crippen LogP contribution in [0.2, 0.25) is 0 Å². The van der Waals surface area contributed by atoms with E-state index in [9.17, 15) is 4.79 Å². The van der Waals surface area contributed by atoms with Crippen LogP contribution >= 0.6 is 0 Å². The lowest BCUT2D eigenvalue weighted by atomic mass is 10.0. The molecule has 10 nitrogen and oxygen atoms in total. The third-order valence-electron chi connectivity index (χ3n) is 6.16. The van der Waals surface area contributed by atoms with Crippen molar-refractivity contribution >= 4 is 40.0 Å². The predicted molar refractivity (Wildman–Crippen MR) is 135 cm³/mol. The van der Waals surface area contributed by atoms with E-state index in [0.717, 1.165) is 41.8 Å². The summed E-state index contributed by atoms with van der Waals surface area (Å²) in [4.78, 5) is 21.3. The van der Waals surface area contributed by atoms with E-state index < -0.39 is 5.60 Å². The third kappa shape index (κ3) is 4.82. The first-order valence-electron chi connectivity index (χ1n) is 11.8. The molecule has 1 aliphatic rings. The summed E-state index contributed by atoms with van der Waals surface area (Å²) >= 11 is 0. The van der Waals surface area contributed by atoms with E-state index in [0.29, 0.717) is 18.0 Å². The maximum absolute atomic E-state index is 12.5. The lowest BCUT2D eigenvalue weighted by molar-refractivity contribution is 0.0199. The highest BCUT2D eigenvalue weighted by Gasteiger charge is 2.29. The van der Waals surface area contributed by atoms with Crippen LogP contribution in [-0.4, -0.2) is 67.8 Å². The number of nitrogens with one attached hydrogen (secondary N) is 1. The zero-order valence-corrected chi connectivity index (χ0v) is 20.5. The summed E-state index contributed by atoms with van der Waals surface area (Å²) in [7, 11) is 2.07. The molecule has 3 heterocycles. The Hall–Kier alpha value is -3.95. The van der Waals surface area contributed by atoms with E-state index in [2.05, 4.69) is 44.9 Å². The van der Waals surface area contributed by atoms with Crippen LogP contribution in [0.4, 0.5) is 22.0 Å². The molecule has 1 amide bonds. The Morgan fingerprint density at radius 3 is 2.69 bits per heavy atom. The highest BCUT2D eigenvalue weighted by molar-refractivity contribution is 5.83. The number of aromatic nitrogens is 5. The Kier molecular flexibility index (Phi) is 5.88. The minimum absolute atomic E-state index is 0.221. The van der Waals surface area contributed by atoms with Crippen molar-refractivity contribution < 1.29 is 9.53 Å². The van der Waals surface area contributed by atoms with Crippen molar-refractivity contribution in [2.24, 2.45) is 0 Å². The molecule has 1 saturated heterocycles. The van der Waals surface area contributed by atoms with Gasteiger partial charge in [0.15, 0.2) is 5.82 Å². The van der Waals surface area contributed by atoms with Crippen LogP contribution in [0, 0.1) is 0 Å². The maximum Gasteiger partial charge on any atom is 0.410 e. The lowest BCUT2D eigenvalue weighted by Crippen LogP contribution is -2.50. The maximum atomic E-state index is 12.5. The normalized spacial score (nSPS) is 16.5. The number of piperidine rings is 1. The van der Waals surface area contributed by atoms with E-state index in [-0.39, 0.29) is 12.1 Å². The van der Waals surface area contributed by atoms with Gasteiger partial charge >= 0.3 is 6.09 Å². The first-order chi connectivity index (χ1) is 16.8. The molecule has 0 saturated carbocycles. The molecule has 4 aromatic rings. The molecular weight excluding hydrogens is 444 g/mol. The first kappa shape index (κ1) is 22.8. The number of tetrazole rings is 1. The summed E-state index contributed by atoms with van der Waals surface area (Å²) < 4.78 is 7.26. The monoisotopic (exact) mass is 474 g/mol. The zero-order chi connectivity index (χ0) is 24.6. The number of benzene rings is 2. The van der Waals surface area contributed by atoms with Gasteiger partial charge in [-0.05, 0) is 80.4 Å². The molecule has 5 rings (SSSR count). The standard InChI is InChI=1S/C25H30N8O2/c1-25(2,3)35-24(34)32-15-7-8-19(16-32)31(4)18-13-11-17(12-14-18)26-22-23-28-29-30-33(23)21-10-6-5-9-20(21)27-22/h5-6,9-14,19H,7-8,15-16H2,1-4H3,(H,26,27). The largest absolute Gasteiger partial charge is 0.444 e. The molecule has 0 aliphatic carbocycles. The summed E-state index contributed by atoms with van der Waals surface area (Å²) in [6.45, 7) is 7.06. The van der Waals surface area contributed by atoms with Gasteiger partial charge in [-0.2, -0.15) is 4.52 Å². The summed E-state index contributed by atoms with van der Waals surface area (Å²) in [6.07, 6.45) is 1.73. The number of fused-ring (bicyclic) bond motifs is 3. The van der Waals surface area contributed by atoms with Gasteiger partial charge in [-0.25, -0.2) is 9.78 Å². The fourth-order valence-corrected chi connectivity index (χ4v) is 4.38. The molecule has 182 valence electrons. The highest BCUT2D eigenvalue weighted by Crippen LogP contribution is 2.27. The van der Waals surface area contributed by atoms with E-state index in [4.69, 9.17) is 9.72 Å². The minimum atomic E-state index is -0.493. The number of hydrogen-bond acceptors (Lipinski definition) is 8. The number of hydrogen-bond donors (Lipinski definition) is 1. The van der Waals surface area contributed by atoms with Crippen molar-refractivity contribution in [1.82, 2.24) is 29.9 Å². The topological polar surface area (TPSA) is 101 Å². The van der Waals surface area contributed by atoms with Gasteiger partial charge in [0.2, 0.25) is 5.65 Å². The average Bonchev–Trinajstić information content (AvgIpc) is 3.34. The van der Waals surface area contributed by atoms with Crippen molar-refractivity contribution in [1.29, 1.82) is 0 Å². The van der Waals surface area contributed by atoms with Gasteiger partial charge in [0.25, 0.3) is 0 Å². The Morgan fingerprint density at radius 1 is 1.14 bits per heavy atom. The van der Waals surface area contributed by atoms with E-state index in [1.165, 1.54) is 0 Å². The third-order valence-corrected chi connectivity index (χ3v) is 6.16. The number of carbonyl (C=O) groups excluding carboxylic acids is 1. The second-order valence-electron chi connectivity index (χ2n) is 9.87. The van der Waals surface area contributed by atoms with Crippen molar-refractivity contribution in [2.75, 3.05) is 30.4 Å². The molecule has 35 heavy (non-hydrogen) atoms. The van der Waals surface area contributed by atoms with Crippen LogP contribution in [0.25, 0.3) is 16.7 Å². The van der Waals surface area contributed by atoms with Crippen LogP contribution in [0.15, 0.2) is 48.5 Å². The average molecular weight is 475 g/mol. The highest BCUT2D eigenvalue weighted by atomic mass is 16.6. The molecule has 10 heteroatoms. The van der Waals surface area contributed by atoms with Gasteiger partial charge < -0.3 is 19.9 Å². The van der Waals surface area contributed by atoms with Gasteiger partial charge in [-0.3, -0.25) is 0 Å². The molecule has 2 aromatic heterocycles. The molecule has 0 spiro atoms. The fourth-order valence-electron chi connectivity index (χ4n) is 4.38. The second-order valence-corrected chi connectivity index (χ2v) is 9.87. The van der Waals surface area contributed by atoms with E-state index >= 15 is 0 Å². The smallest absolute Gasteiger partial charge is 0.410 e. The molecule has 2 aromatic carbocycles. The minimum Gasteiger partial charge on any atom is -0.444 e. The number of rotatable bonds is 4. The Labute approximate surface area is 203 Å². The number of ether oxygens (including phenoxy) is 1. The van der Waals surface area contributed by atoms with Crippen LogP contribution in [0.3, 0.4) is 0 Å². The molecule has 1 N–H and O–H groups in total. The number of carbonyl (C=O) groups is 1. The van der Waals surface area contributed by atoms with Crippen LogP contribution in [-0.2, 0) is 4.74 Å². The van der Waals surface area contributed by atoms with E-state index in [1.807, 2.05) is 62.1 Å². The molecule has 1 fully saturated rings. The van der Waals surface area contributed by atoms with Gasteiger partial charge in [0, 0.05) is 37.6 Å². The molecule has 1 aliphatic heterocycles. The van der Waals surface area contributed by atoms with Gasteiger partial charge in [0.05, 0.1) is 11.0 Å². The zero-order valence-electron chi connectivity index (χ0n) is 20.5. The first-order valence-corrected chi connectivity index (χ1v) is 11.8. The Bertz CT molecular complexity index is 1350. The van der Waals surface area contributed by atoms with Gasteiger partial charge in [-0.15, -0.1) is 5.10 Å². The summed E-state index contributed by atoms with van der Waals surface area (Å²) in [5.74, 6) is 0.593. The van der Waals surface area contributed by atoms with Crippen molar-refractivity contribution in [2.45, 2.75) is 45.3 Å². The van der Waals surface area contributed by atoms with Crippen molar-refractivity contribution in [3.8, 4) is 0 Å². The van der Waals surface area contributed by atoms with Gasteiger partial charge in [-0.1, -0.05) is 12.1 Å². The van der Waals surface area contributed by atoms with Crippen LogP contribution in [0.1, 0.15) is 33.6 Å². The molecule has 1 unspecified atom stereocenters. The summed E-state index contributed by atoms with van der Waals surface area (Å²) in [5.41, 5.74) is 3.68. The van der Waals surface area contributed by atoms with Crippen LogP contribution < -0.4 is 10.2 Å². The number of anilines is 3. The van der Waals surface area contributed by atoms with E-state index in [1.54, 1.807) is 4.52 Å². The fraction of sp³-hybridized carbons (Fsp3) is 0.400. The number of nitrogens with zero attached hydrogens (tertiary/aromatic N) is 7. The summed E-state index contributed by atoms with van der Waals surface area (Å²) in [6, 6.07) is 16.1. The molecule has 1 atom stereocenters. The number of para-hydroxylation sites is 2. The van der Waals surface area contributed by atoms with Gasteiger partial charge in [0.1, 0.15) is 5.60 Å². The quantitative estimate of drug-likeness (QED) is 0.468. The molecule has 0 bridgehead atoms. The molecule has 0 radical (unpaired) electrons.